The zero-order chi connectivity index (χ0) is 13.0. The highest BCUT2D eigenvalue weighted by Gasteiger charge is 2.10. The summed E-state index contributed by atoms with van der Waals surface area (Å²) in [5, 5.41) is 14.5. The highest BCUT2D eigenvalue weighted by molar-refractivity contribution is 7.10. The highest BCUT2D eigenvalue weighted by Crippen LogP contribution is 2.27. The van der Waals surface area contributed by atoms with Crippen LogP contribution in [0.2, 0.25) is 0 Å². The van der Waals surface area contributed by atoms with Crippen LogP contribution in [0.4, 0.5) is 11.4 Å². The van der Waals surface area contributed by atoms with E-state index in [1.54, 1.807) is 23.5 Å². The minimum atomic E-state index is 0.278. The Balaban J connectivity index is 2.20. The molecule has 1 heterocycles. The summed E-state index contributed by atoms with van der Waals surface area (Å²) < 4.78 is 0. The molecule has 2 aromatic rings. The number of anilines is 2. The standard InChI is InChI=1S/C14H15N3S/c1-2-13(14-4-3-7-18-14)17-11-5-6-12(16)10(8-11)9-15/h3-8,13,17H,2,16H2,1H3. The number of nitrogens with one attached hydrogen (secondary N) is 1. The molecule has 4 heteroatoms. The van der Waals surface area contributed by atoms with Gasteiger partial charge in [0.15, 0.2) is 0 Å². The van der Waals surface area contributed by atoms with Crippen LogP contribution in [0.3, 0.4) is 0 Å². The summed E-state index contributed by atoms with van der Waals surface area (Å²) >= 11 is 1.74. The summed E-state index contributed by atoms with van der Waals surface area (Å²) in [7, 11) is 0. The van der Waals surface area contributed by atoms with E-state index >= 15 is 0 Å². The summed E-state index contributed by atoms with van der Waals surface area (Å²) in [6, 6.07) is 12.0. The smallest absolute Gasteiger partial charge is 0.101 e. The van der Waals surface area contributed by atoms with Gasteiger partial charge < -0.3 is 11.1 Å². The Bertz CT molecular complexity index is 555. The Hall–Kier alpha value is -1.99. The number of rotatable bonds is 4. The first-order chi connectivity index (χ1) is 8.74. The van der Waals surface area contributed by atoms with E-state index in [2.05, 4.69) is 29.8 Å². The van der Waals surface area contributed by atoms with Gasteiger partial charge in [0.2, 0.25) is 0 Å². The van der Waals surface area contributed by atoms with Gasteiger partial charge in [-0.15, -0.1) is 11.3 Å². The van der Waals surface area contributed by atoms with Crippen molar-refractivity contribution in [1.82, 2.24) is 0 Å². The first kappa shape index (κ1) is 12.5. The van der Waals surface area contributed by atoms with E-state index in [0.29, 0.717) is 11.3 Å². The highest BCUT2D eigenvalue weighted by atomic mass is 32.1. The predicted octanol–water partition coefficient (Wildman–Crippen LogP) is 3.77. The van der Waals surface area contributed by atoms with E-state index in [9.17, 15) is 0 Å². The molecule has 1 atom stereocenters. The van der Waals surface area contributed by atoms with Crippen LogP contribution in [0.25, 0.3) is 0 Å². The molecule has 1 aromatic carbocycles. The van der Waals surface area contributed by atoms with Crippen LogP contribution in [0.15, 0.2) is 35.7 Å². The second-order valence-electron chi connectivity index (χ2n) is 4.03. The van der Waals surface area contributed by atoms with Gasteiger partial charge in [-0.05, 0) is 36.1 Å². The number of thiophene rings is 1. The van der Waals surface area contributed by atoms with Gasteiger partial charge in [-0.25, -0.2) is 0 Å². The van der Waals surface area contributed by atoms with Crippen molar-refractivity contribution in [1.29, 1.82) is 5.26 Å². The molecule has 18 heavy (non-hydrogen) atoms. The second-order valence-corrected chi connectivity index (χ2v) is 5.01. The summed E-state index contributed by atoms with van der Waals surface area (Å²) in [6.45, 7) is 2.14. The van der Waals surface area contributed by atoms with Gasteiger partial charge >= 0.3 is 0 Å². The lowest BCUT2D eigenvalue weighted by Crippen LogP contribution is -2.08. The van der Waals surface area contributed by atoms with Crippen molar-refractivity contribution in [3.8, 4) is 6.07 Å². The molecule has 0 aliphatic carbocycles. The van der Waals surface area contributed by atoms with Crippen LogP contribution >= 0.6 is 11.3 Å². The molecule has 1 aromatic heterocycles. The van der Waals surface area contributed by atoms with Gasteiger partial charge in [0.25, 0.3) is 0 Å². The van der Waals surface area contributed by atoms with E-state index in [1.165, 1.54) is 4.88 Å². The van der Waals surface area contributed by atoms with E-state index in [1.807, 2.05) is 12.1 Å². The molecular weight excluding hydrogens is 242 g/mol. The molecule has 0 saturated carbocycles. The van der Waals surface area contributed by atoms with E-state index < -0.39 is 0 Å². The van der Waals surface area contributed by atoms with E-state index in [4.69, 9.17) is 11.0 Å². The van der Waals surface area contributed by atoms with Gasteiger partial charge in [-0.1, -0.05) is 13.0 Å². The number of nitrogen functional groups attached to an aromatic ring is 1. The molecule has 92 valence electrons. The lowest BCUT2D eigenvalue weighted by molar-refractivity contribution is 0.764. The molecule has 0 fully saturated rings. The monoisotopic (exact) mass is 257 g/mol. The molecular formula is C14H15N3S. The van der Waals surface area contributed by atoms with Gasteiger partial charge in [-0.2, -0.15) is 5.26 Å². The second kappa shape index (κ2) is 5.56. The topological polar surface area (TPSA) is 61.8 Å². The average Bonchev–Trinajstić information content (AvgIpc) is 2.91. The third-order valence-corrected chi connectivity index (χ3v) is 3.80. The molecule has 2 rings (SSSR count). The SMILES string of the molecule is CCC(Nc1ccc(N)c(C#N)c1)c1cccs1. The molecule has 0 spiro atoms. The Labute approximate surface area is 111 Å². The maximum atomic E-state index is 8.96. The van der Waals surface area contributed by atoms with Gasteiger partial charge in [0, 0.05) is 16.3 Å². The van der Waals surface area contributed by atoms with Crippen LogP contribution in [0.5, 0.6) is 0 Å². The zero-order valence-corrected chi connectivity index (χ0v) is 11.0. The molecule has 0 aliphatic rings. The fourth-order valence-corrected chi connectivity index (χ4v) is 2.67. The number of nitrogens with zero attached hydrogens (tertiary/aromatic N) is 1. The maximum absolute atomic E-state index is 8.96. The normalized spacial score (nSPS) is 11.8. The number of nitriles is 1. The summed E-state index contributed by atoms with van der Waals surface area (Å²) in [6.07, 6.45) is 0.993. The van der Waals surface area contributed by atoms with Crippen LogP contribution in [0.1, 0.15) is 29.8 Å². The van der Waals surface area contributed by atoms with E-state index in [-0.39, 0.29) is 6.04 Å². The van der Waals surface area contributed by atoms with Crippen molar-refractivity contribution in [2.24, 2.45) is 0 Å². The Morgan fingerprint density at radius 1 is 1.44 bits per heavy atom. The minimum Gasteiger partial charge on any atom is -0.398 e. The molecule has 3 nitrogen and oxygen atoms in total. The van der Waals surface area contributed by atoms with Crippen molar-refractivity contribution in [2.75, 3.05) is 11.1 Å². The van der Waals surface area contributed by atoms with Crippen LogP contribution in [-0.2, 0) is 0 Å². The number of hydrogen-bond donors (Lipinski definition) is 2. The van der Waals surface area contributed by atoms with Gasteiger partial charge in [-0.3, -0.25) is 0 Å². The zero-order valence-electron chi connectivity index (χ0n) is 10.2. The summed E-state index contributed by atoms with van der Waals surface area (Å²) in [4.78, 5) is 1.30. The fraction of sp³-hybridized carbons (Fsp3) is 0.214. The summed E-state index contributed by atoms with van der Waals surface area (Å²) in [5.74, 6) is 0. The third-order valence-electron chi connectivity index (χ3n) is 2.81. The van der Waals surface area contributed by atoms with Crippen LogP contribution in [0, 0.1) is 11.3 Å². The number of benzene rings is 1. The molecule has 0 amide bonds. The first-order valence-electron chi connectivity index (χ1n) is 5.84. The Morgan fingerprint density at radius 2 is 2.28 bits per heavy atom. The number of hydrogen-bond acceptors (Lipinski definition) is 4. The maximum Gasteiger partial charge on any atom is 0.101 e. The van der Waals surface area contributed by atoms with E-state index in [0.717, 1.165) is 12.1 Å². The molecule has 0 radical (unpaired) electrons. The lowest BCUT2D eigenvalue weighted by Gasteiger charge is -2.17. The van der Waals surface area contributed by atoms with Gasteiger partial charge in [0.05, 0.1) is 11.6 Å². The van der Waals surface area contributed by atoms with Crippen LogP contribution in [-0.4, -0.2) is 0 Å². The van der Waals surface area contributed by atoms with Crippen molar-refractivity contribution in [3.05, 3.63) is 46.2 Å². The number of nitrogens with two attached hydrogens (primary N) is 1. The van der Waals surface area contributed by atoms with Crippen molar-refractivity contribution >= 4 is 22.7 Å². The molecule has 0 bridgehead atoms. The quantitative estimate of drug-likeness (QED) is 0.820. The molecule has 1 unspecified atom stereocenters. The lowest BCUT2D eigenvalue weighted by atomic mass is 10.1. The molecule has 0 saturated heterocycles. The van der Waals surface area contributed by atoms with Crippen molar-refractivity contribution in [3.63, 3.8) is 0 Å². The molecule has 0 aliphatic heterocycles. The average molecular weight is 257 g/mol. The summed E-state index contributed by atoms with van der Waals surface area (Å²) in [5.41, 5.74) is 7.68. The Morgan fingerprint density at radius 3 is 2.89 bits per heavy atom. The minimum absolute atomic E-state index is 0.278. The van der Waals surface area contributed by atoms with Gasteiger partial charge in [0.1, 0.15) is 6.07 Å². The van der Waals surface area contributed by atoms with Crippen molar-refractivity contribution < 1.29 is 0 Å². The first-order valence-corrected chi connectivity index (χ1v) is 6.72. The predicted molar refractivity (Wildman–Crippen MR) is 76.5 cm³/mol. The molecule has 3 N–H and O–H groups in total. The largest absolute Gasteiger partial charge is 0.398 e. The van der Waals surface area contributed by atoms with Crippen molar-refractivity contribution in [2.45, 2.75) is 19.4 Å². The fourth-order valence-electron chi connectivity index (χ4n) is 1.81. The van der Waals surface area contributed by atoms with Crippen LogP contribution < -0.4 is 11.1 Å². The third kappa shape index (κ3) is 2.63. The Kier molecular flexibility index (Phi) is 3.85.